The summed E-state index contributed by atoms with van der Waals surface area (Å²) in [5, 5.41) is 4.50. The summed E-state index contributed by atoms with van der Waals surface area (Å²) in [5.41, 5.74) is 6.10. The Labute approximate surface area is 121 Å². The molecule has 0 aliphatic carbocycles. The van der Waals surface area contributed by atoms with Gasteiger partial charge in [0.15, 0.2) is 0 Å². The van der Waals surface area contributed by atoms with E-state index in [2.05, 4.69) is 38.4 Å². The van der Waals surface area contributed by atoms with E-state index in [1.54, 1.807) is 6.33 Å². The van der Waals surface area contributed by atoms with Crippen molar-refractivity contribution in [1.82, 2.24) is 24.8 Å². The summed E-state index contributed by atoms with van der Waals surface area (Å²) in [7, 11) is 3.92. The Hall–Kier alpha value is -1.18. The average Bonchev–Trinajstić information content (AvgIpc) is 2.93. The predicted molar refractivity (Wildman–Crippen MR) is 77.3 cm³/mol. The molecule has 0 radical (unpaired) electrons. The van der Waals surface area contributed by atoms with Gasteiger partial charge in [0.25, 0.3) is 0 Å². The fourth-order valence-corrected chi connectivity index (χ4v) is 2.97. The Morgan fingerprint density at radius 3 is 2.68 bits per heavy atom. The molecule has 7 heteroatoms. The first kappa shape index (κ1) is 14.2. The van der Waals surface area contributed by atoms with Gasteiger partial charge in [-0.2, -0.15) is 5.10 Å². The van der Waals surface area contributed by atoms with Crippen LogP contribution in [0.2, 0.25) is 0 Å². The first-order valence-corrected chi connectivity index (χ1v) is 7.00. The zero-order valence-electron chi connectivity index (χ0n) is 11.4. The van der Waals surface area contributed by atoms with E-state index in [4.69, 9.17) is 5.84 Å². The molecule has 3 N–H and O–H groups in total. The molecule has 0 aromatic carbocycles. The summed E-state index contributed by atoms with van der Waals surface area (Å²) in [6.07, 6.45) is 5.26. The average molecular weight is 327 g/mol. The molecule has 0 fully saturated rings. The lowest BCUT2D eigenvalue weighted by Gasteiger charge is -2.16. The summed E-state index contributed by atoms with van der Waals surface area (Å²) in [4.78, 5) is 4.13. The minimum absolute atomic E-state index is 0.00362. The van der Waals surface area contributed by atoms with Crippen molar-refractivity contribution in [2.24, 2.45) is 19.9 Å². The van der Waals surface area contributed by atoms with Crippen LogP contribution in [-0.4, -0.2) is 19.3 Å². The quantitative estimate of drug-likeness (QED) is 0.640. The molecule has 2 aromatic heterocycles. The monoisotopic (exact) mass is 326 g/mol. The summed E-state index contributed by atoms with van der Waals surface area (Å²) < 4.78 is 4.94. The van der Waals surface area contributed by atoms with Crippen LogP contribution < -0.4 is 11.3 Å². The molecule has 2 rings (SSSR count). The smallest absolute Gasteiger partial charge is 0.0946 e. The maximum absolute atomic E-state index is 5.68. The van der Waals surface area contributed by atoms with E-state index in [0.29, 0.717) is 0 Å². The number of rotatable bonds is 5. The van der Waals surface area contributed by atoms with Crippen molar-refractivity contribution in [2.45, 2.75) is 25.8 Å². The summed E-state index contributed by atoms with van der Waals surface area (Å²) in [6.45, 7) is 2.09. The van der Waals surface area contributed by atoms with Gasteiger partial charge in [-0.05, 0) is 22.4 Å². The number of hydrogen-bond donors (Lipinski definition) is 2. The van der Waals surface area contributed by atoms with Crippen molar-refractivity contribution in [2.75, 3.05) is 0 Å². The van der Waals surface area contributed by atoms with Gasteiger partial charge in [-0.3, -0.25) is 16.0 Å². The first-order chi connectivity index (χ1) is 9.08. The highest BCUT2D eigenvalue weighted by molar-refractivity contribution is 9.10. The zero-order chi connectivity index (χ0) is 14.0. The normalized spacial score (nSPS) is 12.9. The molecule has 2 heterocycles. The van der Waals surface area contributed by atoms with Gasteiger partial charge in [0.2, 0.25) is 0 Å². The van der Waals surface area contributed by atoms with Crippen LogP contribution in [0.5, 0.6) is 0 Å². The van der Waals surface area contributed by atoms with Crippen molar-refractivity contribution in [3.8, 4) is 0 Å². The third-order valence-electron chi connectivity index (χ3n) is 3.31. The van der Waals surface area contributed by atoms with Crippen LogP contribution in [0, 0.1) is 0 Å². The number of nitrogens with zero attached hydrogens (tertiary/aromatic N) is 4. The second-order valence-corrected chi connectivity index (χ2v) is 5.33. The second kappa shape index (κ2) is 5.85. The fraction of sp³-hybridized carbons (Fsp3) is 0.500. The van der Waals surface area contributed by atoms with Gasteiger partial charge in [-0.1, -0.05) is 6.92 Å². The Morgan fingerprint density at radius 1 is 1.47 bits per heavy atom. The molecule has 0 aliphatic heterocycles. The number of hydrazine groups is 1. The van der Waals surface area contributed by atoms with Crippen molar-refractivity contribution in [3.05, 3.63) is 34.1 Å². The molecule has 6 nitrogen and oxygen atoms in total. The highest BCUT2D eigenvalue weighted by Crippen LogP contribution is 2.26. The molecule has 0 aliphatic rings. The highest BCUT2D eigenvalue weighted by atomic mass is 79.9. The number of nitrogens with one attached hydrogen (secondary N) is 1. The third-order valence-corrected chi connectivity index (χ3v) is 4.23. The predicted octanol–water partition coefficient (Wildman–Crippen LogP) is 1.23. The van der Waals surface area contributed by atoms with Gasteiger partial charge >= 0.3 is 0 Å². The van der Waals surface area contributed by atoms with Gasteiger partial charge in [0, 0.05) is 26.7 Å². The molecule has 19 heavy (non-hydrogen) atoms. The fourth-order valence-electron chi connectivity index (χ4n) is 2.19. The third kappa shape index (κ3) is 2.72. The van der Waals surface area contributed by atoms with Crippen molar-refractivity contribution in [1.29, 1.82) is 0 Å². The molecule has 0 saturated heterocycles. The van der Waals surface area contributed by atoms with Crippen LogP contribution in [0.15, 0.2) is 17.0 Å². The number of hydrogen-bond acceptors (Lipinski definition) is 4. The summed E-state index contributed by atoms with van der Waals surface area (Å²) in [6, 6.07) is 0.00362. The Morgan fingerprint density at radius 2 is 2.21 bits per heavy atom. The van der Waals surface area contributed by atoms with Gasteiger partial charge in [0.1, 0.15) is 0 Å². The number of halogens is 1. The van der Waals surface area contributed by atoms with Crippen LogP contribution in [0.3, 0.4) is 0 Å². The minimum atomic E-state index is 0.00362. The van der Waals surface area contributed by atoms with Crippen molar-refractivity contribution in [3.63, 3.8) is 0 Å². The molecule has 0 saturated carbocycles. The van der Waals surface area contributed by atoms with E-state index in [0.717, 1.165) is 34.4 Å². The lowest BCUT2D eigenvalue weighted by Crippen LogP contribution is -2.31. The lowest BCUT2D eigenvalue weighted by molar-refractivity contribution is 0.503. The minimum Gasteiger partial charge on any atom is -0.336 e. The van der Waals surface area contributed by atoms with E-state index in [9.17, 15) is 0 Å². The van der Waals surface area contributed by atoms with Crippen LogP contribution in [0.4, 0.5) is 0 Å². The number of aryl methyl sites for hydroxylation is 3. The summed E-state index contributed by atoms with van der Waals surface area (Å²) >= 11 is 3.63. The molecule has 0 spiro atoms. The zero-order valence-corrected chi connectivity index (χ0v) is 13.0. The number of aromatic nitrogens is 4. The van der Waals surface area contributed by atoms with Gasteiger partial charge in [-0.25, -0.2) is 4.98 Å². The SMILES string of the molecule is CCc1nn(C)c(CC(NN)c2cncn2C)c1Br. The number of imidazole rings is 1. The molecule has 1 unspecified atom stereocenters. The second-order valence-electron chi connectivity index (χ2n) is 4.54. The van der Waals surface area contributed by atoms with Gasteiger partial charge < -0.3 is 4.57 Å². The standard InChI is InChI=1S/C12H19BrN6/c1-4-8-12(13)10(19(3)17-8)5-9(16-14)11-6-15-7-18(11)2/h6-7,9,16H,4-5,14H2,1-3H3. The van der Waals surface area contributed by atoms with Gasteiger partial charge in [-0.15, -0.1) is 0 Å². The molecule has 104 valence electrons. The van der Waals surface area contributed by atoms with E-state index in [1.165, 1.54) is 0 Å². The maximum atomic E-state index is 5.68. The highest BCUT2D eigenvalue weighted by Gasteiger charge is 2.20. The topological polar surface area (TPSA) is 73.7 Å². The number of nitrogens with two attached hydrogens (primary N) is 1. The van der Waals surface area contributed by atoms with E-state index in [-0.39, 0.29) is 6.04 Å². The Balaban J connectivity index is 2.29. The van der Waals surface area contributed by atoms with Gasteiger partial charge in [0.05, 0.1) is 33.9 Å². The lowest BCUT2D eigenvalue weighted by atomic mass is 10.1. The van der Waals surface area contributed by atoms with E-state index >= 15 is 0 Å². The molecule has 1 atom stereocenters. The first-order valence-electron chi connectivity index (χ1n) is 6.21. The largest absolute Gasteiger partial charge is 0.336 e. The van der Waals surface area contributed by atoms with E-state index < -0.39 is 0 Å². The Kier molecular flexibility index (Phi) is 4.38. The molecular formula is C12H19BrN6. The van der Waals surface area contributed by atoms with Crippen LogP contribution >= 0.6 is 15.9 Å². The summed E-state index contributed by atoms with van der Waals surface area (Å²) in [5.74, 6) is 5.68. The maximum Gasteiger partial charge on any atom is 0.0946 e. The van der Waals surface area contributed by atoms with Crippen LogP contribution in [0.1, 0.15) is 30.0 Å². The van der Waals surface area contributed by atoms with E-state index in [1.807, 2.05) is 29.5 Å². The molecular weight excluding hydrogens is 308 g/mol. The Bertz CT molecular complexity index is 559. The van der Waals surface area contributed by atoms with Crippen LogP contribution in [0.25, 0.3) is 0 Å². The van der Waals surface area contributed by atoms with Crippen LogP contribution in [-0.2, 0) is 26.9 Å². The van der Waals surface area contributed by atoms with Crippen molar-refractivity contribution >= 4 is 15.9 Å². The molecule has 0 amide bonds. The molecule has 0 bridgehead atoms. The van der Waals surface area contributed by atoms with Crippen molar-refractivity contribution < 1.29 is 0 Å². The molecule has 2 aromatic rings.